The maximum atomic E-state index is 13.3. The average Bonchev–Trinajstić information content (AvgIpc) is 0.881. The SMILES string of the molecule is COc1cccc(-c2cc(C(=O)Nc3ccc(S(=O)(=O)NC(C)=O)cc3)c3ccccc3n2)c1.Cc1cccc(NS(=O)(=O)c2ccc(NC(=O)c3cc(-c4ccccc4)nc4ccccc34)cc2)c1.O=C(Nc1ccc(S(=O)(=O)NCC2CCCO2)cc1)c1cc(-c2ccccc2)nc2ccccc12. The van der Waals surface area contributed by atoms with Gasteiger partial charge in [0, 0.05) is 75.7 Å². The molecule has 21 nitrogen and oxygen atoms in total. The Balaban J connectivity index is 0.000000148. The van der Waals surface area contributed by atoms with Crippen LogP contribution in [0.25, 0.3) is 66.5 Å². The molecule has 10 aromatic carbocycles. The summed E-state index contributed by atoms with van der Waals surface area (Å²) in [5.41, 5.74) is 10.9. The van der Waals surface area contributed by atoms with Crippen molar-refractivity contribution in [2.45, 2.75) is 47.5 Å². The molecule has 1 aliphatic heterocycles. The number of methoxy groups -OCH3 is 1. The standard InChI is InChI=1S/C29H23N3O3S.C27H25N3O4S.C25H21N3O5S/c1-20-8-7-11-23(18-20)32-36(34,35)24-16-14-22(15-17-24)30-29(33)26-19-28(21-9-3-2-4-10-21)31-27-13-6-5-12-25(26)27;31-27(24-17-26(19-7-2-1-3-8-19)30-25-11-5-4-10-23(24)25)29-20-12-14-22(15-13-20)35(32,33)28-18-21-9-6-16-34-21;1-16(29)28-34(31,32)20-12-10-18(11-13-20)26-25(30)22-15-24(17-6-5-7-19(14-17)33-2)27-23-9-4-3-8-21(22)23/h2-19,32H,1H3,(H,30,33);1-5,7-8,10-15,17,21,28H,6,9,16,18H2,(H,29,31);3-15H,1-2H3,(H,26,30)(H,28,29). The normalized spacial score (nSPS) is 12.7. The number of benzene rings is 10. The molecule has 0 bridgehead atoms. The van der Waals surface area contributed by atoms with Crippen LogP contribution in [-0.4, -0.2) is 90.2 Å². The zero-order chi connectivity index (χ0) is 73.7. The van der Waals surface area contributed by atoms with Gasteiger partial charge in [-0.25, -0.2) is 49.6 Å². The minimum Gasteiger partial charge on any atom is -0.497 e. The van der Waals surface area contributed by atoms with Crippen LogP contribution in [0.3, 0.4) is 0 Å². The average molecular weight is 1460 g/mol. The highest BCUT2D eigenvalue weighted by Crippen LogP contribution is 2.32. The minimum atomic E-state index is -3.96. The van der Waals surface area contributed by atoms with Crippen LogP contribution in [0.1, 0.15) is 56.4 Å². The first-order valence-corrected chi connectivity index (χ1v) is 37.5. The molecule has 0 saturated carbocycles. The minimum absolute atomic E-state index is 0.0840. The van der Waals surface area contributed by atoms with Crippen LogP contribution < -0.4 is 34.9 Å². The molecular weight excluding hydrogens is 1390 g/mol. The Labute approximate surface area is 606 Å². The summed E-state index contributed by atoms with van der Waals surface area (Å²) < 4.78 is 92.9. The van der Waals surface area contributed by atoms with Gasteiger partial charge in [0.25, 0.3) is 37.8 Å². The lowest BCUT2D eigenvalue weighted by Gasteiger charge is -2.13. The van der Waals surface area contributed by atoms with Crippen molar-refractivity contribution in [1.82, 2.24) is 24.4 Å². The van der Waals surface area contributed by atoms with E-state index in [1.807, 2.05) is 175 Å². The lowest BCUT2D eigenvalue weighted by atomic mass is 10.0. The lowest BCUT2D eigenvalue weighted by molar-refractivity contribution is -0.117. The first-order valence-electron chi connectivity index (χ1n) is 33.1. The molecule has 6 N–H and O–H groups in total. The highest BCUT2D eigenvalue weighted by molar-refractivity contribution is 7.92. The smallest absolute Gasteiger partial charge is 0.264 e. The molecule has 1 atom stereocenters. The van der Waals surface area contributed by atoms with Crippen molar-refractivity contribution >= 4 is 109 Å². The summed E-state index contributed by atoms with van der Waals surface area (Å²) in [6.45, 7) is 3.93. The molecule has 1 fully saturated rings. The second-order valence-electron chi connectivity index (χ2n) is 24.2. The van der Waals surface area contributed by atoms with E-state index in [0.29, 0.717) is 85.3 Å². The van der Waals surface area contributed by atoms with Crippen LogP contribution >= 0.6 is 0 Å². The van der Waals surface area contributed by atoms with Crippen LogP contribution in [0.5, 0.6) is 5.75 Å². The molecule has 14 rings (SSSR count). The van der Waals surface area contributed by atoms with Crippen LogP contribution in [0.4, 0.5) is 22.7 Å². The molecule has 0 spiro atoms. The lowest BCUT2D eigenvalue weighted by Crippen LogP contribution is -2.31. The van der Waals surface area contributed by atoms with Gasteiger partial charge in [-0.1, -0.05) is 140 Å². The van der Waals surface area contributed by atoms with Crippen LogP contribution in [0.2, 0.25) is 0 Å². The number of aromatic nitrogens is 3. The molecule has 24 heteroatoms. The van der Waals surface area contributed by atoms with Gasteiger partial charge in [-0.15, -0.1) is 0 Å². The molecule has 1 unspecified atom stereocenters. The second-order valence-corrected chi connectivity index (χ2v) is 29.4. The fourth-order valence-corrected chi connectivity index (χ4v) is 14.6. The topological polar surface area (TPSA) is 300 Å². The largest absolute Gasteiger partial charge is 0.497 e. The molecule has 4 amide bonds. The molecule has 1 saturated heterocycles. The van der Waals surface area contributed by atoms with Crippen molar-refractivity contribution in [3.8, 4) is 39.5 Å². The number of hydrogen-bond donors (Lipinski definition) is 6. The van der Waals surface area contributed by atoms with Gasteiger partial charge >= 0.3 is 0 Å². The van der Waals surface area contributed by atoms with E-state index in [-0.39, 0.29) is 45.1 Å². The van der Waals surface area contributed by atoms with Crippen molar-refractivity contribution in [3.05, 3.63) is 295 Å². The summed E-state index contributed by atoms with van der Waals surface area (Å²) in [6.07, 6.45) is 1.71. The summed E-state index contributed by atoms with van der Waals surface area (Å²) in [5.74, 6) is -0.992. The van der Waals surface area contributed by atoms with E-state index in [2.05, 4.69) is 25.4 Å². The number of anilines is 4. The molecule has 0 radical (unpaired) electrons. The van der Waals surface area contributed by atoms with Gasteiger partial charge in [-0.05, 0) is 159 Å². The molecule has 0 aliphatic carbocycles. The van der Waals surface area contributed by atoms with Gasteiger partial charge in [0.1, 0.15) is 5.75 Å². The summed E-state index contributed by atoms with van der Waals surface area (Å²) in [7, 11) is -9.80. The Morgan fingerprint density at radius 2 is 0.829 bits per heavy atom. The number of para-hydroxylation sites is 3. The zero-order valence-electron chi connectivity index (χ0n) is 56.9. The molecule has 3 aromatic heterocycles. The van der Waals surface area contributed by atoms with E-state index >= 15 is 0 Å². The van der Waals surface area contributed by atoms with E-state index < -0.39 is 36.0 Å². The summed E-state index contributed by atoms with van der Waals surface area (Å²) in [4.78, 5) is 65.2. The van der Waals surface area contributed by atoms with Gasteiger partial charge in [0.2, 0.25) is 15.9 Å². The fourth-order valence-electron chi connectivity index (χ4n) is 11.5. The summed E-state index contributed by atoms with van der Waals surface area (Å²) in [6, 6.07) is 79.2. The van der Waals surface area contributed by atoms with Crippen LogP contribution in [0, 0.1) is 6.92 Å². The van der Waals surface area contributed by atoms with Crippen LogP contribution in [0.15, 0.2) is 288 Å². The Morgan fingerprint density at radius 1 is 0.429 bits per heavy atom. The van der Waals surface area contributed by atoms with Gasteiger partial charge in [-0.3, -0.25) is 23.9 Å². The first-order chi connectivity index (χ1) is 50.6. The van der Waals surface area contributed by atoms with Crippen molar-refractivity contribution in [2.24, 2.45) is 0 Å². The third-order valence-electron chi connectivity index (χ3n) is 16.7. The molecular formula is C81H69N9O12S3. The van der Waals surface area contributed by atoms with E-state index in [9.17, 15) is 44.4 Å². The molecule has 1 aliphatic rings. The number of nitrogens with zero attached hydrogens (tertiary/aromatic N) is 3. The van der Waals surface area contributed by atoms with Crippen molar-refractivity contribution in [1.29, 1.82) is 0 Å². The molecule has 105 heavy (non-hydrogen) atoms. The van der Waals surface area contributed by atoms with Crippen molar-refractivity contribution in [3.63, 3.8) is 0 Å². The fraction of sp³-hybridized carbons (Fsp3) is 0.0988. The Hall–Kier alpha value is -12.3. The molecule has 13 aromatic rings. The number of amides is 4. The predicted octanol–water partition coefficient (Wildman–Crippen LogP) is 14.9. The Morgan fingerprint density at radius 3 is 1.25 bits per heavy atom. The highest BCUT2D eigenvalue weighted by Gasteiger charge is 2.24. The Kier molecular flexibility index (Phi) is 22.3. The predicted molar refractivity (Wildman–Crippen MR) is 408 cm³/mol. The van der Waals surface area contributed by atoms with Gasteiger partial charge in [-0.2, -0.15) is 0 Å². The van der Waals surface area contributed by atoms with E-state index in [1.165, 1.54) is 48.5 Å². The second kappa shape index (κ2) is 32.3. The number of aryl methyl sites for hydroxylation is 1. The monoisotopic (exact) mass is 1460 g/mol. The molecule has 528 valence electrons. The Bertz CT molecular complexity index is 5740. The van der Waals surface area contributed by atoms with Crippen LogP contribution in [-0.2, 0) is 39.6 Å². The third-order valence-corrected chi connectivity index (χ3v) is 21.0. The number of pyridine rings is 3. The van der Waals surface area contributed by atoms with E-state index in [4.69, 9.17) is 24.4 Å². The highest BCUT2D eigenvalue weighted by atomic mass is 32.2. The summed E-state index contributed by atoms with van der Waals surface area (Å²) in [5, 5.41) is 10.7. The quantitative estimate of drug-likeness (QED) is 0.0438. The maximum Gasteiger partial charge on any atom is 0.264 e. The van der Waals surface area contributed by atoms with E-state index in [1.54, 1.807) is 67.8 Å². The first kappa shape index (κ1) is 72.5. The van der Waals surface area contributed by atoms with E-state index in [0.717, 1.165) is 58.3 Å². The third kappa shape index (κ3) is 18.1. The zero-order valence-corrected chi connectivity index (χ0v) is 59.3. The van der Waals surface area contributed by atoms with Gasteiger partial charge < -0.3 is 25.4 Å². The maximum absolute atomic E-state index is 13.3. The van der Waals surface area contributed by atoms with Crippen molar-refractivity contribution < 1.29 is 53.9 Å². The van der Waals surface area contributed by atoms with Gasteiger partial charge in [0.05, 0.1) is 78.2 Å². The van der Waals surface area contributed by atoms with Gasteiger partial charge in [0.15, 0.2) is 0 Å². The molecule has 4 heterocycles. The van der Waals surface area contributed by atoms with Crippen molar-refractivity contribution in [2.75, 3.05) is 40.9 Å². The number of rotatable bonds is 19. The number of carbonyl (C=O) groups is 4. The number of ether oxygens (including phenoxy) is 2. The number of sulfonamides is 3. The number of nitrogens with one attached hydrogen (secondary N) is 6. The number of carbonyl (C=O) groups excluding carboxylic acids is 4. The number of fused-ring (bicyclic) bond motifs is 3. The summed E-state index contributed by atoms with van der Waals surface area (Å²) >= 11 is 0. The number of hydrogen-bond acceptors (Lipinski definition) is 15.